The van der Waals surface area contributed by atoms with Crippen molar-refractivity contribution in [1.29, 1.82) is 0 Å². The van der Waals surface area contributed by atoms with E-state index in [2.05, 4.69) is 6.07 Å². The summed E-state index contributed by atoms with van der Waals surface area (Å²) in [4.78, 5) is 0. The van der Waals surface area contributed by atoms with Crippen LogP contribution in [0, 0.1) is 5.92 Å². The Hall–Kier alpha value is -0.870. The van der Waals surface area contributed by atoms with Crippen LogP contribution in [0.25, 0.3) is 0 Å². The zero-order valence-electron chi connectivity index (χ0n) is 12.5. The number of sulfone groups is 1. The van der Waals surface area contributed by atoms with Gasteiger partial charge in [-0.15, -0.1) is 0 Å². The van der Waals surface area contributed by atoms with Crippen LogP contribution in [0.3, 0.4) is 0 Å². The summed E-state index contributed by atoms with van der Waals surface area (Å²) in [7, 11) is -3.00. The van der Waals surface area contributed by atoms with Gasteiger partial charge in [0.2, 0.25) is 0 Å². The van der Waals surface area contributed by atoms with Crippen molar-refractivity contribution in [3.05, 3.63) is 35.4 Å². The van der Waals surface area contributed by atoms with Crippen molar-refractivity contribution < 1.29 is 13.5 Å². The standard InChI is InChI=1S/C17H24O3S/c1-21(19,20)14-6-4-5-13(11-14)17(18)16-8-3-2-7-15(16)12-9-10-12/h2-3,7-8,12-14,17-18H,4-6,9-11H2,1H3. The molecule has 0 aliphatic heterocycles. The van der Waals surface area contributed by atoms with Gasteiger partial charge in [0.25, 0.3) is 0 Å². The van der Waals surface area contributed by atoms with Gasteiger partial charge < -0.3 is 5.11 Å². The summed E-state index contributed by atoms with van der Waals surface area (Å²) in [5, 5.41) is 10.5. The average Bonchev–Trinajstić information content (AvgIpc) is 3.30. The van der Waals surface area contributed by atoms with E-state index in [1.807, 2.05) is 18.2 Å². The van der Waals surface area contributed by atoms with E-state index in [0.29, 0.717) is 12.3 Å². The quantitative estimate of drug-likeness (QED) is 0.929. The fraction of sp³-hybridized carbons (Fsp3) is 0.647. The Balaban J connectivity index is 1.80. The first kappa shape index (κ1) is 15.0. The molecule has 0 amide bonds. The lowest BCUT2D eigenvalue weighted by molar-refractivity contribution is 0.0849. The van der Waals surface area contributed by atoms with Crippen LogP contribution in [0.5, 0.6) is 0 Å². The zero-order valence-corrected chi connectivity index (χ0v) is 13.3. The summed E-state index contributed by atoms with van der Waals surface area (Å²) in [6.07, 6.45) is 6.37. The molecule has 1 N–H and O–H groups in total. The number of rotatable bonds is 4. The molecule has 2 aliphatic rings. The highest BCUT2D eigenvalue weighted by Crippen LogP contribution is 2.45. The Labute approximate surface area is 127 Å². The van der Waals surface area contributed by atoms with Gasteiger partial charge >= 0.3 is 0 Å². The van der Waals surface area contributed by atoms with Gasteiger partial charge in [-0.1, -0.05) is 30.7 Å². The monoisotopic (exact) mass is 308 g/mol. The van der Waals surface area contributed by atoms with Crippen LogP contribution in [0.15, 0.2) is 24.3 Å². The molecule has 3 atom stereocenters. The number of aliphatic hydroxyl groups excluding tert-OH is 1. The van der Waals surface area contributed by atoms with E-state index in [1.165, 1.54) is 24.7 Å². The third kappa shape index (κ3) is 3.32. The van der Waals surface area contributed by atoms with E-state index in [9.17, 15) is 13.5 Å². The fourth-order valence-corrected chi connectivity index (χ4v) is 4.85. The molecule has 0 spiro atoms. The molecule has 0 aromatic heterocycles. The molecule has 0 radical (unpaired) electrons. The smallest absolute Gasteiger partial charge is 0.150 e. The van der Waals surface area contributed by atoms with Gasteiger partial charge in [0.1, 0.15) is 9.84 Å². The SMILES string of the molecule is CS(=O)(=O)C1CCCC(C(O)c2ccccc2C2CC2)C1. The highest BCUT2D eigenvalue weighted by atomic mass is 32.2. The second-order valence-corrected chi connectivity index (χ2v) is 9.05. The lowest BCUT2D eigenvalue weighted by atomic mass is 9.81. The van der Waals surface area contributed by atoms with Crippen molar-refractivity contribution >= 4 is 9.84 Å². The maximum atomic E-state index is 11.8. The largest absolute Gasteiger partial charge is 0.388 e. The second kappa shape index (κ2) is 5.73. The number of benzene rings is 1. The molecule has 2 fully saturated rings. The van der Waals surface area contributed by atoms with Gasteiger partial charge in [-0.05, 0) is 55.1 Å². The molecule has 3 unspecified atom stereocenters. The molecule has 1 aromatic rings. The Morgan fingerprint density at radius 1 is 1.14 bits per heavy atom. The lowest BCUT2D eigenvalue weighted by Gasteiger charge is -2.32. The minimum Gasteiger partial charge on any atom is -0.388 e. The predicted octanol–water partition coefficient (Wildman–Crippen LogP) is 3.20. The first-order valence-electron chi connectivity index (χ1n) is 7.92. The Kier molecular flexibility index (Phi) is 4.10. The molecule has 0 bridgehead atoms. The normalized spacial score (nSPS) is 28.3. The summed E-state index contributed by atoms with van der Waals surface area (Å²) in [6, 6.07) is 8.14. The molecule has 116 valence electrons. The van der Waals surface area contributed by atoms with Gasteiger partial charge in [-0.25, -0.2) is 8.42 Å². The molecule has 0 saturated heterocycles. The van der Waals surface area contributed by atoms with Crippen LogP contribution in [0.4, 0.5) is 0 Å². The molecule has 2 saturated carbocycles. The van der Waals surface area contributed by atoms with Crippen LogP contribution in [0.1, 0.15) is 61.7 Å². The van der Waals surface area contributed by atoms with Crippen molar-refractivity contribution in [2.45, 2.75) is 55.8 Å². The van der Waals surface area contributed by atoms with Crippen molar-refractivity contribution in [3.8, 4) is 0 Å². The first-order valence-corrected chi connectivity index (χ1v) is 9.88. The second-order valence-electron chi connectivity index (χ2n) is 6.73. The van der Waals surface area contributed by atoms with E-state index >= 15 is 0 Å². The molecule has 4 heteroatoms. The van der Waals surface area contributed by atoms with Crippen molar-refractivity contribution in [1.82, 2.24) is 0 Å². The van der Waals surface area contributed by atoms with Crippen molar-refractivity contribution in [2.75, 3.05) is 6.26 Å². The van der Waals surface area contributed by atoms with Crippen molar-refractivity contribution in [3.63, 3.8) is 0 Å². The summed E-state index contributed by atoms with van der Waals surface area (Å²) in [5.74, 6) is 0.670. The van der Waals surface area contributed by atoms with Gasteiger partial charge in [0.15, 0.2) is 0 Å². The van der Waals surface area contributed by atoms with Crippen LogP contribution < -0.4 is 0 Å². The van der Waals surface area contributed by atoms with Crippen LogP contribution in [0.2, 0.25) is 0 Å². The van der Waals surface area contributed by atoms with E-state index in [1.54, 1.807) is 0 Å². The lowest BCUT2D eigenvalue weighted by Crippen LogP contribution is -2.30. The number of hydrogen-bond donors (Lipinski definition) is 1. The third-order valence-electron chi connectivity index (χ3n) is 5.05. The minimum atomic E-state index is -3.00. The zero-order chi connectivity index (χ0) is 15.0. The molecular formula is C17H24O3S. The molecule has 0 heterocycles. The Bertz CT molecular complexity index is 604. The molecule has 3 nitrogen and oxygen atoms in total. The number of hydrogen-bond acceptors (Lipinski definition) is 3. The van der Waals surface area contributed by atoms with Gasteiger partial charge in [-0.3, -0.25) is 0 Å². The topological polar surface area (TPSA) is 54.4 Å². The maximum absolute atomic E-state index is 11.8. The van der Waals surface area contributed by atoms with E-state index in [0.717, 1.165) is 24.8 Å². The molecular weight excluding hydrogens is 284 g/mol. The van der Waals surface area contributed by atoms with Crippen LogP contribution in [-0.2, 0) is 9.84 Å². The van der Waals surface area contributed by atoms with Gasteiger partial charge in [0.05, 0.1) is 11.4 Å². The van der Waals surface area contributed by atoms with E-state index in [-0.39, 0.29) is 11.2 Å². The summed E-state index contributed by atoms with van der Waals surface area (Å²) >= 11 is 0. The van der Waals surface area contributed by atoms with Gasteiger partial charge in [0, 0.05) is 6.26 Å². The fourth-order valence-electron chi connectivity index (χ4n) is 3.66. The van der Waals surface area contributed by atoms with E-state index < -0.39 is 15.9 Å². The average molecular weight is 308 g/mol. The Morgan fingerprint density at radius 3 is 2.52 bits per heavy atom. The third-order valence-corrected chi connectivity index (χ3v) is 6.69. The highest BCUT2D eigenvalue weighted by molar-refractivity contribution is 7.91. The predicted molar refractivity (Wildman–Crippen MR) is 84.0 cm³/mol. The van der Waals surface area contributed by atoms with Crippen LogP contribution >= 0.6 is 0 Å². The first-order chi connectivity index (χ1) is 9.97. The molecule has 3 rings (SSSR count). The van der Waals surface area contributed by atoms with Crippen molar-refractivity contribution in [2.24, 2.45) is 5.92 Å². The van der Waals surface area contributed by atoms with Crippen LogP contribution in [-0.4, -0.2) is 25.0 Å². The molecule has 2 aliphatic carbocycles. The minimum absolute atomic E-state index is 0.0679. The van der Waals surface area contributed by atoms with E-state index in [4.69, 9.17) is 0 Å². The summed E-state index contributed by atoms with van der Waals surface area (Å²) in [6.45, 7) is 0. The summed E-state index contributed by atoms with van der Waals surface area (Å²) < 4.78 is 23.6. The maximum Gasteiger partial charge on any atom is 0.150 e. The summed E-state index contributed by atoms with van der Waals surface area (Å²) in [5.41, 5.74) is 2.30. The molecule has 21 heavy (non-hydrogen) atoms. The Morgan fingerprint density at radius 2 is 1.86 bits per heavy atom. The number of aliphatic hydroxyl groups is 1. The molecule has 1 aromatic carbocycles. The highest BCUT2D eigenvalue weighted by Gasteiger charge is 2.35. The van der Waals surface area contributed by atoms with Gasteiger partial charge in [-0.2, -0.15) is 0 Å².